The fourth-order valence-electron chi connectivity index (χ4n) is 5.05. The van der Waals surface area contributed by atoms with Gasteiger partial charge in [-0.25, -0.2) is 0 Å². The van der Waals surface area contributed by atoms with Gasteiger partial charge in [-0.2, -0.15) is 0 Å². The van der Waals surface area contributed by atoms with Gasteiger partial charge >= 0.3 is 0 Å². The molecule has 0 atom stereocenters. The van der Waals surface area contributed by atoms with Gasteiger partial charge in [0.15, 0.2) is 0 Å². The van der Waals surface area contributed by atoms with Crippen LogP contribution in [-0.4, -0.2) is 10.8 Å². The summed E-state index contributed by atoms with van der Waals surface area (Å²) in [6.07, 6.45) is 1.70. The quantitative estimate of drug-likeness (QED) is 0.228. The maximum Gasteiger partial charge on any atom is 0.115 e. The number of aromatic hydroxyl groups is 1. The van der Waals surface area contributed by atoms with Crippen LogP contribution in [0, 0.1) is 0 Å². The van der Waals surface area contributed by atoms with Gasteiger partial charge in [-0.05, 0) is 99.7 Å². The van der Waals surface area contributed by atoms with Crippen LogP contribution < -0.4 is 5.73 Å². The molecule has 0 bridgehead atoms. The molecule has 3 nitrogen and oxygen atoms in total. The summed E-state index contributed by atoms with van der Waals surface area (Å²) in [5, 5.41) is 9.75. The minimum Gasteiger partial charge on any atom is -0.508 e. The molecule has 3 N–H and O–H groups in total. The smallest absolute Gasteiger partial charge is 0.115 e. The van der Waals surface area contributed by atoms with E-state index in [9.17, 15) is 5.11 Å². The van der Waals surface area contributed by atoms with E-state index in [1.807, 2.05) is 12.1 Å². The zero-order chi connectivity index (χ0) is 27.4. The molecule has 198 valence electrons. The standard InChI is InChI=1S/C34H46N2O/c1-10-32(26-11-13-27(37)14-12-26)36-34-30(22(6)7)18-25(19-31(34)23(8)9)15-24-16-28(20(2)3)33(35)29(17-24)21(4)5/h11-14,16-23,37H,10,15,35H2,1-9H3/b36-32+. The molecule has 0 aliphatic heterocycles. The van der Waals surface area contributed by atoms with Crippen molar-refractivity contribution in [2.75, 3.05) is 5.73 Å². The van der Waals surface area contributed by atoms with Gasteiger partial charge < -0.3 is 10.8 Å². The molecule has 37 heavy (non-hydrogen) atoms. The summed E-state index contributed by atoms with van der Waals surface area (Å²) in [4.78, 5) is 5.27. The zero-order valence-corrected chi connectivity index (χ0v) is 24.3. The average Bonchev–Trinajstić information content (AvgIpc) is 2.83. The van der Waals surface area contributed by atoms with Crippen LogP contribution in [0.4, 0.5) is 11.4 Å². The van der Waals surface area contributed by atoms with Crippen molar-refractivity contribution in [2.24, 2.45) is 4.99 Å². The maximum absolute atomic E-state index is 9.75. The Morgan fingerprint density at radius 3 is 1.49 bits per heavy atom. The Morgan fingerprint density at radius 2 is 1.11 bits per heavy atom. The minimum absolute atomic E-state index is 0.276. The molecule has 3 heteroatoms. The SMILES string of the molecule is CC/C(=N\c1c(C(C)C)cc(Cc2cc(C(C)C)c(N)c(C(C)C)c2)cc1C(C)C)c1ccc(O)cc1. The van der Waals surface area contributed by atoms with E-state index in [-0.39, 0.29) is 5.75 Å². The predicted octanol–water partition coefficient (Wildman–Crippen LogP) is 9.59. The van der Waals surface area contributed by atoms with E-state index in [0.717, 1.165) is 35.5 Å². The molecular weight excluding hydrogens is 452 g/mol. The van der Waals surface area contributed by atoms with E-state index in [1.54, 1.807) is 12.1 Å². The average molecular weight is 499 g/mol. The number of rotatable bonds is 9. The number of hydrogen-bond donors (Lipinski definition) is 2. The molecule has 0 saturated heterocycles. The Hall–Kier alpha value is -3.07. The largest absolute Gasteiger partial charge is 0.508 e. The highest BCUT2D eigenvalue weighted by Crippen LogP contribution is 2.38. The highest BCUT2D eigenvalue weighted by Gasteiger charge is 2.19. The number of hydrogen-bond acceptors (Lipinski definition) is 3. The molecule has 3 rings (SSSR count). The monoisotopic (exact) mass is 498 g/mol. The Bertz CT molecular complexity index is 1190. The van der Waals surface area contributed by atoms with Crippen molar-refractivity contribution >= 4 is 17.1 Å². The van der Waals surface area contributed by atoms with Crippen LogP contribution in [0.5, 0.6) is 5.75 Å². The van der Waals surface area contributed by atoms with Gasteiger partial charge in [0.1, 0.15) is 5.75 Å². The molecule has 0 radical (unpaired) electrons. The number of nitrogens with two attached hydrogens (primary N) is 1. The van der Waals surface area contributed by atoms with E-state index >= 15 is 0 Å². The topological polar surface area (TPSA) is 58.6 Å². The summed E-state index contributed by atoms with van der Waals surface area (Å²) in [6, 6.07) is 16.7. The van der Waals surface area contributed by atoms with Crippen LogP contribution in [0.2, 0.25) is 0 Å². The lowest BCUT2D eigenvalue weighted by Crippen LogP contribution is -2.06. The van der Waals surface area contributed by atoms with Crippen LogP contribution in [0.1, 0.15) is 131 Å². The molecular formula is C34H46N2O. The lowest BCUT2D eigenvalue weighted by atomic mass is 9.86. The molecule has 0 amide bonds. The van der Waals surface area contributed by atoms with Crippen LogP contribution in [0.25, 0.3) is 0 Å². The second kappa shape index (κ2) is 12.0. The Balaban J connectivity index is 2.16. The number of phenolic OH excluding ortho intramolecular Hbond substituents is 1. The first-order valence-electron chi connectivity index (χ1n) is 13.9. The lowest BCUT2D eigenvalue weighted by Gasteiger charge is -2.22. The van der Waals surface area contributed by atoms with Crippen LogP contribution in [-0.2, 0) is 6.42 Å². The first-order valence-corrected chi connectivity index (χ1v) is 13.9. The zero-order valence-electron chi connectivity index (χ0n) is 24.3. The van der Waals surface area contributed by atoms with Crippen LogP contribution in [0.15, 0.2) is 53.5 Å². The number of aliphatic imine (C=N–C) groups is 1. The van der Waals surface area contributed by atoms with E-state index in [4.69, 9.17) is 10.7 Å². The van der Waals surface area contributed by atoms with Crippen molar-refractivity contribution in [3.05, 3.63) is 87.5 Å². The third-order valence-electron chi connectivity index (χ3n) is 7.21. The van der Waals surface area contributed by atoms with Gasteiger partial charge in [0.25, 0.3) is 0 Å². The number of benzene rings is 3. The van der Waals surface area contributed by atoms with E-state index < -0.39 is 0 Å². The van der Waals surface area contributed by atoms with Crippen molar-refractivity contribution in [2.45, 2.75) is 98.8 Å². The third-order valence-corrected chi connectivity index (χ3v) is 7.21. The fraction of sp³-hybridized carbons (Fsp3) is 0.441. The summed E-state index contributed by atoms with van der Waals surface area (Å²) in [6.45, 7) is 20.1. The van der Waals surface area contributed by atoms with Crippen molar-refractivity contribution in [3.8, 4) is 5.75 Å². The lowest BCUT2D eigenvalue weighted by molar-refractivity contribution is 0.475. The van der Waals surface area contributed by atoms with Crippen molar-refractivity contribution in [1.29, 1.82) is 0 Å². The van der Waals surface area contributed by atoms with E-state index in [1.165, 1.54) is 33.4 Å². The molecule has 0 saturated carbocycles. The Labute approximate surface area is 224 Å². The van der Waals surface area contributed by atoms with Gasteiger partial charge in [0.05, 0.1) is 5.69 Å². The summed E-state index contributed by atoms with van der Waals surface area (Å²) in [5.41, 5.74) is 18.4. The maximum atomic E-state index is 9.75. The van der Waals surface area contributed by atoms with Crippen LogP contribution in [0.3, 0.4) is 0 Å². The van der Waals surface area contributed by atoms with Gasteiger partial charge in [-0.1, -0.05) is 86.6 Å². The number of anilines is 1. The fourth-order valence-corrected chi connectivity index (χ4v) is 5.05. The van der Waals surface area contributed by atoms with Crippen molar-refractivity contribution in [3.63, 3.8) is 0 Å². The molecule has 0 aliphatic carbocycles. The molecule has 3 aromatic rings. The van der Waals surface area contributed by atoms with Gasteiger partial charge in [0.2, 0.25) is 0 Å². The number of nitrogen functional groups attached to an aromatic ring is 1. The minimum atomic E-state index is 0.276. The van der Waals surface area contributed by atoms with Crippen molar-refractivity contribution < 1.29 is 5.11 Å². The number of phenols is 1. The summed E-state index contributed by atoms with van der Waals surface area (Å²) >= 11 is 0. The van der Waals surface area contributed by atoms with E-state index in [2.05, 4.69) is 86.6 Å². The summed E-state index contributed by atoms with van der Waals surface area (Å²) < 4.78 is 0. The molecule has 0 fully saturated rings. The van der Waals surface area contributed by atoms with Crippen molar-refractivity contribution in [1.82, 2.24) is 0 Å². The first kappa shape index (κ1) is 28.5. The second-order valence-electron chi connectivity index (χ2n) is 11.6. The van der Waals surface area contributed by atoms with Gasteiger partial charge in [-0.15, -0.1) is 0 Å². The third kappa shape index (κ3) is 6.63. The molecule has 0 unspecified atom stereocenters. The highest BCUT2D eigenvalue weighted by atomic mass is 16.3. The normalized spacial score (nSPS) is 12.4. The molecule has 0 aromatic heterocycles. The Morgan fingerprint density at radius 1 is 0.703 bits per heavy atom. The first-order chi connectivity index (χ1) is 17.4. The molecule has 0 spiro atoms. The summed E-state index contributed by atoms with van der Waals surface area (Å²) in [5.74, 6) is 1.74. The predicted molar refractivity (Wildman–Crippen MR) is 161 cm³/mol. The van der Waals surface area contributed by atoms with Gasteiger partial charge in [0, 0.05) is 11.4 Å². The molecule has 0 aliphatic rings. The second-order valence-corrected chi connectivity index (χ2v) is 11.6. The molecule has 3 aromatic carbocycles. The summed E-state index contributed by atoms with van der Waals surface area (Å²) in [7, 11) is 0. The highest BCUT2D eigenvalue weighted by molar-refractivity contribution is 6.02. The van der Waals surface area contributed by atoms with E-state index in [0.29, 0.717) is 23.7 Å². The molecule has 0 heterocycles. The van der Waals surface area contributed by atoms with Gasteiger partial charge in [-0.3, -0.25) is 4.99 Å². The Kier molecular flexibility index (Phi) is 9.23. The number of nitrogens with zero attached hydrogens (tertiary/aromatic N) is 1. The van der Waals surface area contributed by atoms with Crippen LogP contribution >= 0.6 is 0 Å².